The summed E-state index contributed by atoms with van der Waals surface area (Å²) in [5.74, 6) is 0.334. The number of fused-ring (bicyclic) bond motifs is 1. The molecule has 3 nitrogen and oxygen atoms in total. The van der Waals surface area contributed by atoms with Gasteiger partial charge in [-0.15, -0.1) is 12.4 Å². The van der Waals surface area contributed by atoms with Gasteiger partial charge in [0.2, 0.25) is 0 Å². The van der Waals surface area contributed by atoms with Gasteiger partial charge in [0, 0.05) is 12.1 Å². The first-order valence-corrected chi connectivity index (χ1v) is 6.26. The molecule has 0 bridgehead atoms. The van der Waals surface area contributed by atoms with Crippen molar-refractivity contribution in [1.29, 1.82) is 0 Å². The summed E-state index contributed by atoms with van der Waals surface area (Å²) in [5, 5.41) is 0. The van der Waals surface area contributed by atoms with Crippen LogP contribution in [0.3, 0.4) is 0 Å². The third-order valence-corrected chi connectivity index (χ3v) is 4.02. The third kappa shape index (κ3) is 2.52. The molecule has 5 heteroatoms. The van der Waals surface area contributed by atoms with Gasteiger partial charge in [0.25, 0.3) is 0 Å². The maximum atomic E-state index is 12.9. The van der Waals surface area contributed by atoms with Gasteiger partial charge in [-0.1, -0.05) is 12.1 Å². The van der Waals surface area contributed by atoms with E-state index < -0.39 is 0 Å². The van der Waals surface area contributed by atoms with Crippen molar-refractivity contribution in [2.45, 2.75) is 37.4 Å². The average molecular weight is 272 g/mol. The molecule has 1 aliphatic carbocycles. The molecule has 4 atom stereocenters. The smallest absolute Gasteiger partial charge is 0.123 e. The second kappa shape index (κ2) is 5.53. The SMILES string of the molecule is Cl.NC1CCC2NNC(c3ccc(F)cc3)C2C1. The van der Waals surface area contributed by atoms with E-state index in [2.05, 4.69) is 10.9 Å². The van der Waals surface area contributed by atoms with Gasteiger partial charge in [-0.25, -0.2) is 9.82 Å². The summed E-state index contributed by atoms with van der Waals surface area (Å²) in [7, 11) is 0. The summed E-state index contributed by atoms with van der Waals surface area (Å²) < 4.78 is 12.9. The number of nitrogens with one attached hydrogen (secondary N) is 2. The van der Waals surface area contributed by atoms with Gasteiger partial charge in [0.05, 0.1) is 6.04 Å². The zero-order chi connectivity index (χ0) is 11.8. The number of benzene rings is 1. The molecule has 0 radical (unpaired) electrons. The molecule has 0 spiro atoms. The zero-order valence-electron chi connectivity index (χ0n) is 10.1. The number of hydrogen-bond donors (Lipinski definition) is 3. The van der Waals surface area contributed by atoms with Crippen LogP contribution in [-0.4, -0.2) is 12.1 Å². The maximum Gasteiger partial charge on any atom is 0.123 e. The highest BCUT2D eigenvalue weighted by Gasteiger charge is 2.39. The van der Waals surface area contributed by atoms with Crippen LogP contribution in [0.4, 0.5) is 4.39 Å². The minimum Gasteiger partial charge on any atom is -0.328 e. The van der Waals surface area contributed by atoms with Crippen LogP contribution in [0.2, 0.25) is 0 Å². The number of hydrogen-bond acceptors (Lipinski definition) is 3. The highest BCUT2D eigenvalue weighted by Crippen LogP contribution is 2.37. The standard InChI is InChI=1S/C13H18FN3.ClH/c14-9-3-1-8(2-4-9)13-11-7-10(15)5-6-12(11)16-17-13;/h1-4,10-13,16-17H,5-7,15H2;1H. The second-order valence-electron chi connectivity index (χ2n) is 5.16. The first kappa shape index (κ1) is 13.7. The van der Waals surface area contributed by atoms with Crippen LogP contribution in [0.5, 0.6) is 0 Å². The molecule has 4 N–H and O–H groups in total. The fourth-order valence-electron chi connectivity index (χ4n) is 3.09. The third-order valence-electron chi connectivity index (χ3n) is 4.02. The van der Waals surface area contributed by atoms with E-state index in [9.17, 15) is 4.39 Å². The molecule has 1 heterocycles. The molecule has 0 aromatic heterocycles. The van der Waals surface area contributed by atoms with Crippen LogP contribution < -0.4 is 16.6 Å². The molecule has 0 amide bonds. The highest BCUT2D eigenvalue weighted by atomic mass is 35.5. The Bertz CT molecular complexity index is 398. The Kier molecular flexibility index (Phi) is 4.22. The van der Waals surface area contributed by atoms with Crippen molar-refractivity contribution in [1.82, 2.24) is 10.9 Å². The predicted molar refractivity (Wildman–Crippen MR) is 71.8 cm³/mol. The van der Waals surface area contributed by atoms with Gasteiger partial charge in [-0.05, 0) is 42.9 Å². The van der Waals surface area contributed by atoms with Crippen molar-refractivity contribution in [3.63, 3.8) is 0 Å². The van der Waals surface area contributed by atoms with Crippen LogP contribution in [0.1, 0.15) is 30.9 Å². The molecule has 4 unspecified atom stereocenters. The quantitative estimate of drug-likeness (QED) is 0.731. The van der Waals surface area contributed by atoms with Gasteiger partial charge in [-0.3, -0.25) is 5.43 Å². The monoisotopic (exact) mass is 271 g/mol. The van der Waals surface area contributed by atoms with Crippen molar-refractivity contribution in [3.05, 3.63) is 35.6 Å². The molecule has 1 aromatic rings. The van der Waals surface area contributed by atoms with Crippen molar-refractivity contribution >= 4 is 12.4 Å². The molecule has 2 fully saturated rings. The fraction of sp³-hybridized carbons (Fsp3) is 0.538. The van der Waals surface area contributed by atoms with E-state index in [4.69, 9.17) is 5.73 Å². The Morgan fingerprint density at radius 2 is 1.83 bits per heavy atom. The minimum absolute atomic E-state index is 0. The van der Waals surface area contributed by atoms with E-state index in [1.165, 1.54) is 12.1 Å². The van der Waals surface area contributed by atoms with Gasteiger partial charge in [0.15, 0.2) is 0 Å². The summed E-state index contributed by atoms with van der Waals surface area (Å²) in [6.07, 6.45) is 3.25. The Morgan fingerprint density at radius 1 is 1.11 bits per heavy atom. The lowest BCUT2D eigenvalue weighted by Gasteiger charge is -2.31. The van der Waals surface area contributed by atoms with Crippen molar-refractivity contribution in [2.24, 2.45) is 11.7 Å². The largest absolute Gasteiger partial charge is 0.328 e. The lowest BCUT2D eigenvalue weighted by Crippen LogP contribution is -2.39. The van der Waals surface area contributed by atoms with Crippen LogP contribution in [0.25, 0.3) is 0 Å². The molecule has 18 heavy (non-hydrogen) atoms. The maximum absolute atomic E-state index is 12.9. The Balaban J connectivity index is 0.00000120. The fourth-order valence-corrected chi connectivity index (χ4v) is 3.09. The Hall–Kier alpha value is -0.680. The molecule has 100 valence electrons. The van der Waals surface area contributed by atoms with Crippen LogP contribution in [-0.2, 0) is 0 Å². The van der Waals surface area contributed by atoms with Crippen molar-refractivity contribution in [3.8, 4) is 0 Å². The van der Waals surface area contributed by atoms with E-state index in [1.807, 2.05) is 12.1 Å². The van der Waals surface area contributed by atoms with Crippen LogP contribution in [0.15, 0.2) is 24.3 Å². The molecule has 1 saturated carbocycles. The van der Waals surface area contributed by atoms with Gasteiger partial charge >= 0.3 is 0 Å². The minimum atomic E-state index is -0.184. The lowest BCUT2D eigenvalue weighted by molar-refractivity contribution is 0.279. The van der Waals surface area contributed by atoms with Gasteiger partial charge in [-0.2, -0.15) is 0 Å². The molecule has 3 rings (SSSR count). The predicted octanol–water partition coefficient (Wildman–Crippen LogP) is 1.89. The van der Waals surface area contributed by atoms with E-state index in [-0.39, 0.29) is 24.3 Å². The number of halogens is 2. The number of nitrogens with two attached hydrogens (primary N) is 1. The van der Waals surface area contributed by atoms with Crippen molar-refractivity contribution < 1.29 is 4.39 Å². The Labute approximate surface area is 113 Å². The highest BCUT2D eigenvalue weighted by molar-refractivity contribution is 5.85. The molecule has 2 aliphatic rings. The summed E-state index contributed by atoms with van der Waals surface area (Å²) >= 11 is 0. The van der Waals surface area contributed by atoms with Gasteiger partial charge < -0.3 is 5.73 Å². The van der Waals surface area contributed by atoms with E-state index in [0.29, 0.717) is 18.0 Å². The average Bonchev–Trinajstić information content (AvgIpc) is 2.73. The molecular weight excluding hydrogens is 253 g/mol. The number of rotatable bonds is 1. The summed E-state index contributed by atoms with van der Waals surface area (Å²) in [5.41, 5.74) is 13.8. The van der Waals surface area contributed by atoms with E-state index in [0.717, 1.165) is 24.8 Å². The molecule has 1 aromatic carbocycles. The molecular formula is C13H19ClFN3. The second-order valence-corrected chi connectivity index (χ2v) is 5.16. The van der Waals surface area contributed by atoms with Crippen LogP contribution >= 0.6 is 12.4 Å². The lowest BCUT2D eigenvalue weighted by atomic mass is 9.77. The summed E-state index contributed by atoms with van der Waals surface area (Å²) in [6, 6.07) is 7.83. The normalized spacial score (nSPS) is 34.8. The van der Waals surface area contributed by atoms with Gasteiger partial charge in [0.1, 0.15) is 5.82 Å². The van der Waals surface area contributed by atoms with Crippen molar-refractivity contribution in [2.75, 3.05) is 0 Å². The first-order valence-electron chi connectivity index (χ1n) is 6.26. The van der Waals surface area contributed by atoms with E-state index >= 15 is 0 Å². The number of hydrazine groups is 1. The van der Waals surface area contributed by atoms with E-state index in [1.54, 1.807) is 0 Å². The molecule has 1 aliphatic heterocycles. The Morgan fingerprint density at radius 3 is 2.56 bits per heavy atom. The summed E-state index contributed by atoms with van der Waals surface area (Å²) in [4.78, 5) is 0. The van der Waals surface area contributed by atoms with Crippen LogP contribution in [0, 0.1) is 11.7 Å². The first-order chi connectivity index (χ1) is 8.24. The molecule has 1 saturated heterocycles. The zero-order valence-corrected chi connectivity index (χ0v) is 10.9. The summed E-state index contributed by atoms with van der Waals surface area (Å²) in [6.45, 7) is 0. The topological polar surface area (TPSA) is 50.1 Å².